The topological polar surface area (TPSA) is 90.0 Å². The summed E-state index contributed by atoms with van der Waals surface area (Å²) >= 11 is 0. The lowest BCUT2D eigenvalue weighted by Crippen LogP contribution is -2.64. The van der Waals surface area contributed by atoms with Gasteiger partial charge in [-0.25, -0.2) is 14.5 Å². The molecular formula is C12H18N4O4. The minimum Gasteiger partial charge on any atom is -0.311 e. The van der Waals surface area contributed by atoms with Crippen LogP contribution in [0, 0.1) is 0 Å². The maximum absolute atomic E-state index is 12.5. The molecule has 2 rings (SSSR count). The lowest BCUT2D eigenvalue weighted by molar-refractivity contribution is -0.136. The van der Waals surface area contributed by atoms with E-state index in [-0.39, 0.29) is 0 Å². The van der Waals surface area contributed by atoms with Gasteiger partial charge in [0.05, 0.1) is 6.42 Å². The monoisotopic (exact) mass is 285 g/mol. The Hall–Kier alpha value is -2.12. The summed E-state index contributed by atoms with van der Waals surface area (Å²) in [4.78, 5) is 51.7. The summed E-state index contributed by atoms with van der Waals surface area (Å²) in [5, 5.41) is 2.56. The Morgan fingerprint density at radius 1 is 1.25 bits per heavy atom. The first-order valence-corrected chi connectivity index (χ1v) is 5.98. The van der Waals surface area contributed by atoms with Crippen LogP contribution in [0.5, 0.6) is 0 Å². The highest BCUT2D eigenvalue weighted by atomic mass is 16.2. The molecule has 0 aliphatic carbocycles. The Bertz CT molecular complexity index is 622. The van der Waals surface area contributed by atoms with E-state index in [1.807, 2.05) is 0 Å². The molecule has 2 fully saturated rings. The highest BCUT2D eigenvalue weighted by Gasteiger charge is 2.70. The molecular weight excluding hydrogens is 264 g/mol. The van der Waals surface area contributed by atoms with Crippen molar-refractivity contribution in [3.05, 3.63) is 0 Å². The van der Waals surface area contributed by atoms with Crippen molar-refractivity contribution in [2.45, 2.75) is 38.4 Å². The molecule has 0 aromatic heterocycles. The van der Waals surface area contributed by atoms with Crippen LogP contribution >= 0.6 is 0 Å². The summed E-state index contributed by atoms with van der Waals surface area (Å²) in [7, 11) is 2.90. The fourth-order valence-corrected chi connectivity index (χ4v) is 2.85. The number of carbonyl (C=O) groups is 4. The van der Waals surface area contributed by atoms with Crippen LogP contribution < -0.4 is 5.32 Å². The molecule has 2 saturated heterocycles. The largest absolute Gasteiger partial charge is 0.330 e. The molecule has 1 N–H and O–H groups in total. The molecule has 0 spiro atoms. The number of rotatable bonds is 2. The summed E-state index contributed by atoms with van der Waals surface area (Å²) in [5.41, 5.74) is -2.59. The summed E-state index contributed by atoms with van der Waals surface area (Å²) in [6.07, 6.45) is -0.943. The van der Waals surface area contributed by atoms with E-state index in [2.05, 4.69) is 5.32 Å². The average Bonchev–Trinajstić information content (AvgIpc) is 2.67. The second-order valence-electron chi connectivity index (χ2n) is 5.25. The quantitative estimate of drug-likeness (QED) is 0.720. The van der Waals surface area contributed by atoms with E-state index in [4.69, 9.17) is 4.11 Å². The molecule has 2 aliphatic rings. The number of imide groups is 1. The summed E-state index contributed by atoms with van der Waals surface area (Å²) < 4.78 is 21.1. The van der Waals surface area contributed by atoms with Crippen LogP contribution in [-0.2, 0) is 9.59 Å². The van der Waals surface area contributed by atoms with Crippen molar-refractivity contribution in [1.29, 1.82) is 0 Å². The smallest absolute Gasteiger partial charge is 0.311 e. The lowest BCUT2D eigenvalue weighted by Gasteiger charge is -2.40. The number of nitrogens with one attached hydrogen (secondary N) is 1. The molecule has 0 radical (unpaired) electrons. The fraction of sp³-hybridized carbons (Fsp3) is 0.667. The third-order valence-corrected chi connectivity index (χ3v) is 4.37. The third kappa shape index (κ3) is 1.41. The first-order valence-electron chi connectivity index (χ1n) is 7.48. The molecule has 2 aliphatic heterocycles. The minimum absolute atomic E-state index is 0.491. The second kappa shape index (κ2) is 3.94. The predicted octanol–water partition coefficient (Wildman–Crippen LogP) is -0.0531. The maximum Gasteiger partial charge on any atom is 0.330 e. The van der Waals surface area contributed by atoms with Gasteiger partial charge >= 0.3 is 12.1 Å². The molecule has 0 saturated carbocycles. The molecule has 0 unspecified atom stereocenters. The number of amides is 5. The molecule has 2 atom stereocenters. The Balaban J connectivity index is 2.40. The van der Waals surface area contributed by atoms with Crippen LogP contribution in [0.3, 0.4) is 0 Å². The molecule has 2 heterocycles. The lowest BCUT2D eigenvalue weighted by atomic mass is 9.96. The highest BCUT2D eigenvalue weighted by molar-refractivity contribution is 6.06. The number of hydrogen-bond donors (Lipinski definition) is 1. The molecule has 5 amide bonds. The molecule has 20 heavy (non-hydrogen) atoms. The molecule has 8 nitrogen and oxygen atoms in total. The van der Waals surface area contributed by atoms with Crippen LogP contribution in [0.25, 0.3) is 0 Å². The molecule has 8 heteroatoms. The first-order chi connectivity index (χ1) is 10.3. The minimum atomic E-state index is -2.93. The van der Waals surface area contributed by atoms with Gasteiger partial charge in [-0.05, 0) is 20.7 Å². The van der Waals surface area contributed by atoms with Gasteiger partial charge in [0.1, 0.15) is 5.78 Å². The highest BCUT2D eigenvalue weighted by Crippen LogP contribution is 2.44. The zero-order valence-corrected chi connectivity index (χ0v) is 11.7. The number of hydrogen-bond acceptors (Lipinski definition) is 4. The van der Waals surface area contributed by atoms with Crippen molar-refractivity contribution in [2.75, 3.05) is 14.1 Å². The van der Waals surface area contributed by atoms with E-state index in [1.54, 1.807) is 6.92 Å². The van der Waals surface area contributed by atoms with Crippen LogP contribution in [0.4, 0.5) is 9.59 Å². The van der Waals surface area contributed by atoms with Crippen LogP contribution in [0.1, 0.15) is 31.2 Å². The Morgan fingerprint density at radius 2 is 1.85 bits per heavy atom. The maximum atomic E-state index is 12.5. The molecule has 0 aromatic rings. The van der Waals surface area contributed by atoms with E-state index < -0.39 is 48.4 Å². The van der Waals surface area contributed by atoms with Gasteiger partial charge in [-0.3, -0.25) is 9.59 Å². The van der Waals surface area contributed by atoms with Crippen LogP contribution in [0.15, 0.2) is 0 Å². The number of likely N-dealkylation sites (N-methyl/N-ethyl adjacent to an activating group) is 2. The third-order valence-electron chi connectivity index (χ3n) is 4.37. The number of fused-ring (bicyclic) bond motifs is 1. The van der Waals surface area contributed by atoms with Gasteiger partial charge in [0, 0.05) is 18.2 Å². The van der Waals surface area contributed by atoms with Crippen molar-refractivity contribution in [2.24, 2.45) is 0 Å². The van der Waals surface area contributed by atoms with Crippen molar-refractivity contribution >= 4 is 23.8 Å². The Morgan fingerprint density at radius 3 is 2.40 bits per heavy atom. The Kier molecular flexibility index (Phi) is 2.10. The normalized spacial score (nSPS) is 35.4. The zero-order chi connectivity index (χ0) is 18.0. The van der Waals surface area contributed by atoms with Gasteiger partial charge in [0.25, 0.3) is 0 Å². The summed E-state index contributed by atoms with van der Waals surface area (Å²) in [6.45, 7) is 0.152. The Labute approximate surface area is 120 Å². The molecule has 0 aromatic carbocycles. The van der Waals surface area contributed by atoms with E-state index in [9.17, 15) is 19.2 Å². The predicted molar refractivity (Wildman–Crippen MR) is 68.4 cm³/mol. The van der Waals surface area contributed by atoms with Gasteiger partial charge in [-0.2, -0.15) is 0 Å². The van der Waals surface area contributed by atoms with E-state index >= 15 is 0 Å². The van der Waals surface area contributed by atoms with Crippen LogP contribution in [-0.4, -0.2) is 63.9 Å². The van der Waals surface area contributed by atoms with Crippen LogP contribution in [0.2, 0.25) is 0 Å². The van der Waals surface area contributed by atoms with Crippen molar-refractivity contribution in [1.82, 2.24) is 20.0 Å². The van der Waals surface area contributed by atoms with Crippen molar-refractivity contribution in [3.63, 3.8) is 0 Å². The number of carbonyl (C=O) groups excluding carboxylic acids is 4. The summed E-state index contributed by atoms with van der Waals surface area (Å²) in [5.74, 6) is -2.22. The van der Waals surface area contributed by atoms with Crippen molar-refractivity contribution < 1.29 is 23.3 Å². The second-order valence-corrected chi connectivity index (χ2v) is 5.25. The summed E-state index contributed by atoms with van der Waals surface area (Å²) in [6, 6.07) is -1.21. The molecule has 0 bridgehead atoms. The zero-order valence-electron chi connectivity index (χ0n) is 14.7. The van der Waals surface area contributed by atoms with Gasteiger partial charge < -0.3 is 15.1 Å². The van der Waals surface area contributed by atoms with Crippen molar-refractivity contribution in [3.8, 4) is 0 Å². The number of nitrogens with zero attached hydrogens (tertiary/aromatic N) is 3. The number of ketones is 1. The van der Waals surface area contributed by atoms with Gasteiger partial charge in [-0.1, -0.05) is 0 Å². The van der Waals surface area contributed by atoms with Gasteiger partial charge in [0.15, 0.2) is 11.3 Å². The average molecular weight is 285 g/mol. The fourth-order valence-electron chi connectivity index (χ4n) is 2.85. The van der Waals surface area contributed by atoms with Gasteiger partial charge in [-0.15, -0.1) is 0 Å². The first kappa shape index (κ1) is 10.6. The van der Waals surface area contributed by atoms with E-state index in [0.717, 1.165) is 4.90 Å². The standard InChI is InChI=1S/C12H18N4O4/c1-7(17)6-8(18)16-10(20)15(5)12(3)11(16,2)13-9(19)14(12)4/h6H2,1-5H3,(H,13,19)/t11-,12+/m1/s1/i1D3. The molecule has 110 valence electrons. The SMILES string of the molecule is [2H]C([2H])([2H])C(=O)CC(=O)N1C(=O)N(C)[C@]2(C)N(C)C(=O)N[C@]12C. The number of Topliss-reactive ketones (excluding diaryl/α,β-unsaturated/α-hetero) is 1. The van der Waals surface area contributed by atoms with Gasteiger partial charge in [0.2, 0.25) is 5.91 Å². The van der Waals surface area contributed by atoms with E-state index in [0.29, 0.717) is 0 Å². The van der Waals surface area contributed by atoms with E-state index in [1.165, 1.54) is 30.8 Å². The number of urea groups is 2.